The molecule has 0 aliphatic carbocycles. The molecule has 0 aliphatic rings. The van der Waals surface area contributed by atoms with E-state index in [-0.39, 0.29) is 28.0 Å². The number of nitro groups is 1. The first-order valence-electron chi connectivity index (χ1n) is 8.71. The Morgan fingerprint density at radius 1 is 1.13 bits per heavy atom. The summed E-state index contributed by atoms with van der Waals surface area (Å²) in [5, 5.41) is 24.4. The van der Waals surface area contributed by atoms with Crippen molar-refractivity contribution in [2.24, 2.45) is 0 Å². The van der Waals surface area contributed by atoms with Crippen LogP contribution in [0.4, 0.5) is 16.5 Å². The lowest BCUT2D eigenvalue weighted by atomic mass is 10.1. The van der Waals surface area contributed by atoms with E-state index in [1.807, 2.05) is 32.0 Å². The zero-order chi connectivity index (χ0) is 21.7. The van der Waals surface area contributed by atoms with Gasteiger partial charge in [-0.3, -0.25) is 25.0 Å². The van der Waals surface area contributed by atoms with E-state index in [1.54, 1.807) is 0 Å². The van der Waals surface area contributed by atoms with Gasteiger partial charge in [-0.2, -0.15) is 0 Å². The third-order valence-corrected chi connectivity index (χ3v) is 5.94. The van der Waals surface area contributed by atoms with Crippen LogP contribution in [0.1, 0.15) is 21.5 Å². The van der Waals surface area contributed by atoms with Gasteiger partial charge in [0, 0.05) is 11.8 Å². The largest absolute Gasteiger partial charge is 0.325 e. The highest BCUT2D eigenvalue weighted by atomic mass is 32.2. The summed E-state index contributed by atoms with van der Waals surface area (Å²) in [6.07, 6.45) is 0. The van der Waals surface area contributed by atoms with Crippen LogP contribution >= 0.6 is 23.1 Å². The molecule has 3 aromatic rings. The van der Waals surface area contributed by atoms with Crippen LogP contribution in [0.5, 0.6) is 0 Å². The average molecular weight is 444 g/mol. The molecule has 0 fully saturated rings. The van der Waals surface area contributed by atoms with E-state index in [0.717, 1.165) is 28.2 Å². The Labute approximate surface area is 180 Å². The van der Waals surface area contributed by atoms with Crippen LogP contribution < -0.4 is 10.6 Å². The highest BCUT2D eigenvalue weighted by Crippen LogP contribution is 2.27. The summed E-state index contributed by atoms with van der Waals surface area (Å²) in [5.74, 6) is -0.711. The molecular formula is C19H17N5O4S2. The van der Waals surface area contributed by atoms with Crippen LogP contribution in [-0.2, 0) is 4.79 Å². The lowest BCUT2D eigenvalue weighted by Crippen LogP contribution is -2.14. The Kier molecular flexibility index (Phi) is 6.75. The van der Waals surface area contributed by atoms with E-state index >= 15 is 0 Å². The summed E-state index contributed by atoms with van der Waals surface area (Å²) < 4.78 is 0.490. The quantitative estimate of drug-likeness (QED) is 0.244. The van der Waals surface area contributed by atoms with Crippen LogP contribution in [-0.4, -0.2) is 32.7 Å². The van der Waals surface area contributed by atoms with Gasteiger partial charge in [-0.05, 0) is 37.1 Å². The van der Waals surface area contributed by atoms with Crippen molar-refractivity contribution in [2.45, 2.75) is 18.2 Å². The lowest BCUT2D eigenvalue weighted by molar-refractivity contribution is -0.385. The molecule has 2 amide bonds. The number of anilines is 2. The maximum Gasteiger partial charge on any atom is 0.282 e. The van der Waals surface area contributed by atoms with Crippen molar-refractivity contribution in [2.75, 3.05) is 16.4 Å². The van der Waals surface area contributed by atoms with Crippen molar-refractivity contribution in [3.8, 4) is 0 Å². The Balaban J connectivity index is 1.58. The fourth-order valence-corrected chi connectivity index (χ4v) is 4.04. The number of benzene rings is 2. The van der Waals surface area contributed by atoms with Gasteiger partial charge in [-0.25, -0.2) is 0 Å². The van der Waals surface area contributed by atoms with Crippen molar-refractivity contribution < 1.29 is 14.5 Å². The smallest absolute Gasteiger partial charge is 0.282 e. The number of nitro benzene ring substituents is 1. The maximum absolute atomic E-state index is 12.3. The zero-order valence-corrected chi connectivity index (χ0v) is 17.7. The zero-order valence-electron chi connectivity index (χ0n) is 16.0. The van der Waals surface area contributed by atoms with Crippen molar-refractivity contribution >= 4 is 51.4 Å². The number of carbonyl (C=O) groups is 2. The molecule has 0 aliphatic heterocycles. The van der Waals surface area contributed by atoms with Gasteiger partial charge < -0.3 is 5.32 Å². The number of rotatable bonds is 7. The average Bonchev–Trinajstić information content (AvgIpc) is 3.16. The monoisotopic (exact) mass is 443 g/mol. The minimum atomic E-state index is -0.650. The normalized spacial score (nSPS) is 10.5. The van der Waals surface area contributed by atoms with E-state index in [1.165, 1.54) is 36.0 Å². The number of hydrogen-bond donors (Lipinski definition) is 2. The van der Waals surface area contributed by atoms with Gasteiger partial charge in [-0.1, -0.05) is 47.4 Å². The SMILES string of the molecule is Cc1ccc(C)c(NC(=O)CSc2nnc(NC(=O)c3ccccc3[N+](=O)[O-])s2)c1. The highest BCUT2D eigenvalue weighted by Gasteiger charge is 2.20. The second-order valence-corrected chi connectivity index (χ2v) is 8.46. The van der Waals surface area contributed by atoms with Crippen LogP contribution in [0.15, 0.2) is 46.8 Å². The molecule has 0 radical (unpaired) electrons. The second kappa shape index (κ2) is 9.46. The standard InChI is InChI=1S/C19H17N5O4S2/c1-11-7-8-12(2)14(9-11)20-16(25)10-29-19-23-22-18(30-19)21-17(26)13-5-3-4-6-15(13)24(27)28/h3-9H,10H2,1-2H3,(H,20,25)(H,21,22,26). The molecule has 154 valence electrons. The van der Waals surface area contributed by atoms with E-state index in [2.05, 4.69) is 20.8 Å². The van der Waals surface area contributed by atoms with E-state index in [9.17, 15) is 19.7 Å². The van der Waals surface area contributed by atoms with Gasteiger partial charge in [0.1, 0.15) is 5.56 Å². The van der Waals surface area contributed by atoms with Gasteiger partial charge in [0.2, 0.25) is 11.0 Å². The molecule has 9 nitrogen and oxygen atoms in total. The number of aromatic nitrogens is 2. The van der Waals surface area contributed by atoms with Crippen molar-refractivity contribution in [1.29, 1.82) is 0 Å². The molecule has 11 heteroatoms. The maximum atomic E-state index is 12.3. The second-order valence-electron chi connectivity index (χ2n) is 6.26. The molecule has 2 N–H and O–H groups in total. The van der Waals surface area contributed by atoms with Gasteiger partial charge in [0.15, 0.2) is 4.34 Å². The van der Waals surface area contributed by atoms with Gasteiger partial charge >= 0.3 is 0 Å². The number of hydrogen-bond acceptors (Lipinski definition) is 8. The molecule has 0 saturated heterocycles. The van der Waals surface area contributed by atoms with Gasteiger partial charge in [0.05, 0.1) is 10.7 Å². The summed E-state index contributed by atoms with van der Waals surface area (Å²) in [6.45, 7) is 3.87. The molecule has 1 heterocycles. The number of para-hydroxylation sites is 1. The summed E-state index contributed by atoms with van der Waals surface area (Å²) >= 11 is 2.27. The topological polar surface area (TPSA) is 127 Å². The molecule has 0 unspecified atom stereocenters. The molecule has 1 aromatic heterocycles. The number of amides is 2. The van der Waals surface area contributed by atoms with Crippen LogP contribution in [0.2, 0.25) is 0 Å². The molecule has 0 bridgehead atoms. The first-order valence-corrected chi connectivity index (χ1v) is 10.5. The first kappa shape index (κ1) is 21.4. The number of aryl methyl sites for hydroxylation is 2. The van der Waals surface area contributed by atoms with Crippen molar-refractivity contribution in [3.63, 3.8) is 0 Å². The predicted molar refractivity (Wildman–Crippen MR) is 116 cm³/mol. The summed E-state index contributed by atoms with van der Waals surface area (Å²) in [7, 11) is 0. The summed E-state index contributed by atoms with van der Waals surface area (Å²) in [6, 6.07) is 11.5. The van der Waals surface area contributed by atoms with E-state index in [0.29, 0.717) is 4.34 Å². The number of nitrogens with one attached hydrogen (secondary N) is 2. The van der Waals surface area contributed by atoms with Gasteiger partial charge in [0.25, 0.3) is 11.6 Å². The number of carbonyl (C=O) groups excluding carboxylic acids is 2. The minimum Gasteiger partial charge on any atom is -0.325 e. The third kappa shape index (κ3) is 5.39. The first-order chi connectivity index (χ1) is 14.3. The van der Waals surface area contributed by atoms with Crippen LogP contribution in [0.3, 0.4) is 0 Å². The van der Waals surface area contributed by atoms with E-state index < -0.39 is 10.8 Å². The summed E-state index contributed by atoms with van der Waals surface area (Å²) in [5.41, 5.74) is 2.41. The molecule has 2 aromatic carbocycles. The predicted octanol–water partition coefficient (Wildman–Crippen LogP) is 4.05. The fourth-order valence-electron chi connectivity index (χ4n) is 2.49. The Morgan fingerprint density at radius 2 is 1.90 bits per heavy atom. The lowest BCUT2D eigenvalue weighted by Gasteiger charge is -2.08. The minimum absolute atomic E-state index is 0.0696. The molecule has 30 heavy (non-hydrogen) atoms. The molecule has 3 rings (SSSR count). The highest BCUT2D eigenvalue weighted by molar-refractivity contribution is 8.01. The number of nitrogens with zero attached hydrogens (tertiary/aromatic N) is 3. The Bertz CT molecular complexity index is 1120. The Hall–Kier alpha value is -3.31. The number of thioether (sulfide) groups is 1. The molecule has 0 saturated carbocycles. The van der Waals surface area contributed by atoms with Crippen molar-refractivity contribution in [1.82, 2.24) is 10.2 Å². The Morgan fingerprint density at radius 3 is 2.67 bits per heavy atom. The van der Waals surface area contributed by atoms with Gasteiger partial charge in [-0.15, -0.1) is 10.2 Å². The van der Waals surface area contributed by atoms with Crippen LogP contribution in [0.25, 0.3) is 0 Å². The van der Waals surface area contributed by atoms with E-state index in [4.69, 9.17) is 0 Å². The van der Waals surface area contributed by atoms with Crippen molar-refractivity contribution in [3.05, 3.63) is 69.3 Å². The third-order valence-electron chi connectivity index (χ3n) is 3.97. The molecule has 0 spiro atoms. The molecule has 0 atom stereocenters. The fraction of sp³-hybridized carbons (Fsp3) is 0.158. The van der Waals surface area contributed by atoms with Crippen LogP contribution in [0, 0.1) is 24.0 Å². The molecular weight excluding hydrogens is 426 g/mol. The summed E-state index contributed by atoms with van der Waals surface area (Å²) in [4.78, 5) is 35.0.